The smallest absolute Gasteiger partial charge is 0.416 e. The number of ether oxygens (including phenoxy) is 1. The summed E-state index contributed by atoms with van der Waals surface area (Å²) < 4.78 is 43.7. The van der Waals surface area contributed by atoms with Crippen molar-refractivity contribution < 1.29 is 27.5 Å². The molecule has 0 aromatic heterocycles. The Morgan fingerprint density at radius 2 is 1.90 bits per heavy atom. The summed E-state index contributed by atoms with van der Waals surface area (Å²) in [4.78, 5) is 25.0. The molecule has 1 amide bonds. The van der Waals surface area contributed by atoms with Crippen LogP contribution in [0.25, 0.3) is 0 Å². The van der Waals surface area contributed by atoms with Crippen LogP contribution in [-0.4, -0.2) is 31.4 Å². The van der Waals surface area contributed by atoms with E-state index in [2.05, 4.69) is 10.6 Å². The first-order valence-electron chi connectivity index (χ1n) is 9.13. The summed E-state index contributed by atoms with van der Waals surface area (Å²) in [6.07, 6.45) is -4.27. The lowest BCUT2D eigenvalue weighted by molar-refractivity contribution is -0.137. The fourth-order valence-corrected chi connectivity index (χ4v) is 3.28. The van der Waals surface area contributed by atoms with E-state index in [0.717, 1.165) is 17.7 Å². The number of ketones is 1. The fraction of sp³-hybridized carbons (Fsp3) is 0.333. The van der Waals surface area contributed by atoms with E-state index in [0.29, 0.717) is 12.3 Å². The zero-order valence-electron chi connectivity index (χ0n) is 15.8. The summed E-state index contributed by atoms with van der Waals surface area (Å²) in [5, 5.41) is 5.79. The predicted molar refractivity (Wildman–Crippen MR) is 101 cm³/mol. The number of alkyl halides is 3. The van der Waals surface area contributed by atoms with Crippen LogP contribution >= 0.6 is 0 Å². The van der Waals surface area contributed by atoms with Crippen molar-refractivity contribution in [1.29, 1.82) is 0 Å². The standard InChI is InChI=1S/C21H21F3N2O3/c1-29-17-7-5-13(6-8-17)11-26-20(28)18-10-15(12-25-18)19(27)14-3-2-4-16(9-14)21(22,23)24/h2-9,15,18,25H,10-12H2,1H3,(H,26,28). The number of methoxy groups -OCH3 is 1. The van der Waals surface area contributed by atoms with Gasteiger partial charge in [0.25, 0.3) is 0 Å². The van der Waals surface area contributed by atoms with Crippen molar-refractivity contribution in [2.45, 2.75) is 25.2 Å². The minimum Gasteiger partial charge on any atom is -0.497 e. The molecule has 2 unspecified atom stereocenters. The number of carbonyl (C=O) groups is 2. The van der Waals surface area contributed by atoms with Crippen LogP contribution in [0.2, 0.25) is 0 Å². The van der Waals surface area contributed by atoms with E-state index in [1.54, 1.807) is 19.2 Å². The second-order valence-corrected chi connectivity index (χ2v) is 6.90. The third-order valence-electron chi connectivity index (χ3n) is 4.92. The Balaban J connectivity index is 1.56. The lowest BCUT2D eigenvalue weighted by Gasteiger charge is -2.12. The third kappa shape index (κ3) is 5.14. The van der Waals surface area contributed by atoms with Gasteiger partial charge < -0.3 is 15.4 Å². The molecule has 0 aliphatic carbocycles. The van der Waals surface area contributed by atoms with Gasteiger partial charge in [0.15, 0.2) is 5.78 Å². The van der Waals surface area contributed by atoms with Gasteiger partial charge in [-0.05, 0) is 36.2 Å². The highest BCUT2D eigenvalue weighted by Gasteiger charge is 2.35. The van der Waals surface area contributed by atoms with Crippen molar-refractivity contribution in [3.05, 3.63) is 65.2 Å². The molecule has 0 spiro atoms. The van der Waals surface area contributed by atoms with E-state index in [1.165, 1.54) is 12.1 Å². The van der Waals surface area contributed by atoms with Gasteiger partial charge in [0.2, 0.25) is 5.91 Å². The van der Waals surface area contributed by atoms with E-state index in [4.69, 9.17) is 4.74 Å². The Morgan fingerprint density at radius 3 is 2.55 bits per heavy atom. The Hall–Kier alpha value is -2.87. The third-order valence-corrected chi connectivity index (χ3v) is 4.92. The van der Waals surface area contributed by atoms with Crippen molar-refractivity contribution in [2.75, 3.05) is 13.7 Å². The van der Waals surface area contributed by atoms with E-state index >= 15 is 0 Å². The van der Waals surface area contributed by atoms with Gasteiger partial charge in [-0.1, -0.05) is 24.3 Å². The van der Waals surface area contributed by atoms with Crippen LogP contribution in [0, 0.1) is 5.92 Å². The van der Waals surface area contributed by atoms with Crippen LogP contribution in [0.3, 0.4) is 0 Å². The molecule has 2 aromatic rings. The highest BCUT2D eigenvalue weighted by molar-refractivity contribution is 5.99. The van der Waals surface area contributed by atoms with Gasteiger partial charge in [-0.15, -0.1) is 0 Å². The molecule has 2 N–H and O–H groups in total. The Labute approximate surface area is 166 Å². The summed E-state index contributed by atoms with van der Waals surface area (Å²) >= 11 is 0. The summed E-state index contributed by atoms with van der Waals surface area (Å²) in [5.74, 6) is -0.474. The van der Waals surface area contributed by atoms with Crippen LogP contribution in [0.5, 0.6) is 5.75 Å². The van der Waals surface area contributed by atoms with Gasteiger partial charge >= 0.3 is 6.18 Å². The van der Waals surface area contributed by atoms with Crippen LogP contribution in [0.15, 0.2) is 48.5 Å². The molecule has 1 saturated heterocycles. The molecule has 1 aliphatic heterocycles. The number of amides is 1. The fourth-order valence-electron chi connectivity index (χ4n) is 3.28. The Morgan fingerprint density at radius 1 is 1.17 bits per heavy atom. The maximum absolute atomic E-state index is 12.9. The molecule has 2 aromatic carbocycles. The lowest BCUT2D eigenvalue weighted by Crippen LogP contribution is -2.39. The molecule has 3 rings (SSSR count). The van der Waals surface area contributed by atoms with E-state index in [9.17, 15) is 22.8 Å². The highest BCUT2D eigenvalue weighted by Crippen LogP contribution is 2.30. The minimum absolute atomic E-state index is 0.00548. The second-order valence-electron chi connectivity index (χ2n) is 6.90. The van der Waals surface area contributed by atoms with E-state index in [1.807, 2.05) is 12.1 Å². The predicted octanol–water partition coefficient (Wildman–Crippen LogP) is 3.19. The molecule has 8 heteroatoms. The average Bonchev–Trinajstić information content (AvgIpc) is 3.21. The number of benzene rings is 2. The Kier molecular flexibility index (Phi) is 6.22. The number of nitrogens with one attached hydrogen (secondary N) is 2. The monoisotopic (exact) mass is 406 g/mol. The molecule has 0 saturated carbocycles. The minimum atomic E-state index is -4.51. The van der Waals surface area contributed by atoms with Crippen molar-refractivity contribution in [1.82, 2.24) is 10.6 Å². The van der Waals surface area contributed by atoms with Gasteiger partial charge in [0, 0.05) is 24.6 Å². The number of Topliss-reactive ketones (excluding diaryl/α,β-unsaturated/α-hetero) is 1. The zero-order valence-corrected chi connectivity index (χ0v) is 15.8. The molecule has 1 heterocycles. The first-order chi connectivity index (χ1) is 13.8. The maximum Gasteiger partial charge on any atom is 0.416 e. The van der Waals surface area contributed by atoms with Crippen LogP contribution in [0.4, 0.5) is 13.2 Å². The molecule has 154 valence electrons. The van der Waals surface area contributed by atoms with Crippen molar-refractivity contribution in [3.63, 3.8) is 0 Å². The maximum atomic E-state index is 12.9. The van der Waals surface area contributed by atoms with Crippen molar-refractivity contribution >= 4 is 11.7 Å². The molecule has 0 radical (unpaired) electrons. The number of hydrogen-bond donors (Lipinski definition) is 2. The summed E-state index contributed by atoms with van der Waals surface area (Å²) in [6.45, 7) is 0.572. The van der Waals surface area contributed by atoms with Gasteiger partial charge in [-0.25, -0.2) is 0 Å². The first kappa shape index (κ1) is 20.9. The molecule has 29 heavy (non-hydrogen) atoms. The average molecular weight is 406 g/mol. The second kappa shape index (κ2) is 8.65. The molecule has 5 nitrogen and oxygen atoms in total. The van der Waals surface area contributed by atoms with Crippen molar-refractivity contribution in [3.8, 4) is 5.75 Å². The number of hydrogen-bond acceptors (Lipinski definition) is 4. The van der Waals surface area contributed by atoms with Gasteiger partial charge in [-0.2, -0.15) is 13.2 Å². The normalized spacial score (nSPS) is 19.0. The number of carbonyl (C=O) groups excluding carboxylic acids is 2. The number of rotatable bonds is 6. The molecule has 1 aliphatic rings. The van der Waals surface area contributed by atoms with Gasteiger partial charge in [-0.3, -0.25) is 9.59 Å². The first-order valence-corrected chi connectivity index (χ1v) is 9.13. The molecule has 0 bridgehead atoms. The zero-order chi connectivity index (χ0) is 21.0. The summed E-state index contributed by atoms with van der Waals surface area (Å²) in [6, 6.07) is 11.1. The van der Waals surface area contributed by atoms with Gasteiger partial charge in [0.05, 0.1) is 18.7 Å². The van der Waals surface area contributed by atoms with Crippen LogP contribution in [-0.2, 0) is 17.5 Å². The van der Waals surface area contributed by atoms with E-state index < -0.39 is 29.5 Å². The van der Waals surface area contributed by atoms with Gasteiger partial charge in [0.1, 0.15) is 5.75 Å². The van der Waals surface area contributed by atoms with Crippen LogP contribution < -0.4 is 15.4 Å². The molecule has 2 atom stereocenters. The largest absolute Gasteiger partial charge is 0.497 e. The van der Waals surface area contributed by atoms with Crippen molar-refractivity contribution in [2.24, 2.45) is 5.92 Å². The molecular weight excluding hydrogens is 385 g/mol. The SMILES string of the molecule is COc1ccc(CNC(=O)C2CC(C(=O)c3cccc(C(F)(F)F)c3)CN2)cc1. The molecule has 1 fully saturated rings. The Bertz CT molecular complexity index is 881. The number of halogens is 3. The highest BCUT2D eigenvalue weighted by atomic mass is 19.4. The van der Waals surface area contributed by atoms with Crippen LogP contribution in [0.1, 0.15) is 27.9 Å². The quantitative estimate of drug-likeness (QED) is 0.723. The van der Waals surface area contributed by atoms with E-state index in [-0.39, 0.29) is 24.4 Å². The topological polar surface area (TPSA) is 67.4 Å². The molecular formula is C21H21F3N2O3. The summed E-state index contributed by atoms with van der Waals surface area (Å²) in [7, 11) is 1.57. The summed E-state index contributed by atoms with van der Waals surface area (Å²) in [5.41, 5.74) is 0.0442. The lowest BCUT2D eigenvalue weighted by atomic mass is 9.94.